The van der Waals surface area contributed by atoms with E-state index in [1.807, 2.05) is 6.92 Å². The van der Waals surface area contributed by atoms with Crippen LogP contribution in [0.25, 0.3) is 0 Å². The Bertz CT molecular complexity index is 628. The molecule has 1 nitrogen and oxygen atoms in total. The largest absolute Gasteiger partial charge is 0.310 e. The smallest absolute Gasteiger partial charge is 0.162 e. The number of likely N-dealkylation sites (N-methyl/N-ethyl adjacent to an activating group) is 1. The molecule has 0 fully saturated rings. The van der Waals surface area contributed by atoms with Crippen LogP contribution in [0.1, 0.15) is 24.1 Å². The molecule has 0 spiro atoms. The summed E-state index contributed by atoms with van der Waals surface area (Å²) in [6.07, 6.45) is 0.141. The molecule has 112 valence electrons. The second-order valence-electron chi connectivity index (χ2n) is 4.70. The Morgan fingerprint density at radius 2 is 1.71 bits per heavy atom. The van der Waals surface area contributed by atoms with Crippen LogP contribution in [0.5, 0.6) is 0 Å². The number of nitrogens with one attached hydrogen (secondary N) is 1. The minimum atomic E-state index is -0.963. The van der Waals surface area contributed by atoms with Gasteiger partial charge in [-0.05, 0) is 42.3 Å². The Kier molecular flexibility index (Phi) is 4.96. The molecule has 2 aromatic carbocycles. The van der Waals surface area contributed by atoms with E-state index in [1.54, 1.807) is 0 Å². The average Bonchev–Trinajstić information content (AvgIpc) is 2.46. The number of benzene rings is 2. The van der Waals surface area contributed by atoms with Crippen molar-refractivity contribution >= 4 is 0 Å². The van der Waals surface area contributed by atoms with E-state index in [4.69, 9.17) is 0 Å². The maximum atomic E-state index is 13.7. The fourth-order valence-electron chi connectivity index (χ4n) is 2.21. The van der Waals surface area contributed by atoms with Crippen LogP contribution in [0.2, 0.25) is 0 Å². The molecule has 0 aromatic heterocycles. The van der Waals surface area contributed by atoms with Crippen LogP contribution >= 0.6 is 0 Å². The van der Waals surface area contributed by atoms with Crippen LogP contribution in [-0.4, -0.2) is 6.54 Å². The highest BCUT2D eigenvalue weighted by Crippen LogP contribution is 2.23. The van der Waals surface area contributed by atoms with Crippen molar-refractivity contribution < 1.29 is 17.6 Å². The average molecular weight is 297 g/mol. The maximum absolute atomic E-state index is 13.7. The lowest BCUT2D eigenvalue weighted by molar-refractivity contribution is 0.476. The molecule has 1 N–H and O–H groups in total. The number of halogens is 4. The van der Waals surface area contributed by atoms with Gasteiger partial charge in [0.15, 0.2) is 23.3 Å². The van der Waals surface area contributed by atoms with Gasteiger partial charge in [-0.2, -0.15) is 0 Å². The van der Waals surface area contributed by atoms with Gasteiger partial charge in [-0.15, -0.1) is 0 Å². The predicted octanol–water partition coefficient (Wildman–Crippen LogP) is 4.14. The summed E-state index contributed by atoms with van der Waals surface area (Å²) in [5.41, 5.74) is 0.671. The van der Waals surface area contributed by atoms with Crippen LogP contribution in [-0.2, 0) is 6.42 Å². The standard InChI is InChI=1S/C16H15F4N/c1-2-21-15(10-6-7-12(17)14(19)8-10)9-11-4-3-5-13(18)16(11)20/h3-8,15,21H,2,9H2,1H3. The van der Waals surface area contributed by atoms with Crippen molar-refractivity contribution in [2.45, 2.75) is 19.4 Å². The molecule has 0 heterocycles. The summed E-state index contributed by atoms with van der Waals surface area (Å²) < 4.78 is 53.3. The van der Waals surface area contributed by atoms with Gasteiger partial charge in [0.1, 0.15) is 0 Å². The Balaban J connectivity index is 2.30. The van der Waals surface area contributed by atoms with E-state index in [0.717, 1.165) is 18.2 Å². The molecule has 0 radical (unpaired) electrons. The van der Waals surface area contributed by atoms with Crippen LogP contribution < -0.4 is 5.32 Å². The van der Waals surface area contributed by atoms with Crippen molar-refractivity contribution in [3.05, 3.63) is 70.8 Å². The molecular formula is C16H15F4N. The molecule has 0 aliphatic carbocycles. The highest BCUT2D eigenvalue weighted by atomic mass is 19.2. The molecule has 5 heteroatoms. The Hall–Kier alpha value is -1.88. The predicted molar refractivity (Wildman–Crippen MR) is 72.8 cm³/mol. The third kappa shape index (κ3) is 3.61. The summed E-state index contributed by atoms with van der Waals surface area (Å²) in [6.45, 7) is 2.40. The minimum Gasteiger partial charge on any atom is -0.310 e. The third-order valence-electron chi connectivity index (χ3n) is 3.25. The van der Waals surface area contributed by atoms with E-state index in [1.165, 1.54) is 18.2 Å². The molecule has 2 aromatic rings. The summed E-state index contributed by atoms with van der Waals surface area (Å²) in [5.74, 6) is -3.74. The van der Waals surface area contributed by atoms with Crippen LogP contribution in [0.4, 0.5) is 17.6 Å². The Morgan fingerprint density at radius 3 is 2.38 bits per heavy atom. The topological polar surface area (TPSA) is 12.0 Å². The summed E-state index contributed by atoms with van der Waals surface area (Å²) in [5, 5.41) is 3.06. The van der Waals surface area contributed by atoms with E-state index in [-0.39, 0.29) is 12.0 Å². The summed E-state index contributed by atoms with van der Waals surface area (Å²) >= 11 is 0. The summed E-state index contributed by atoms with van der Waals surface area (Å²) in [4.78, 5) is 0. The van der Waals surface area contributed by atoms with Crippen molar-refractivity contribution in [3.63, 3.8) is 0 Å². The highest BCUT2D eigenvalue weighted by Gasteiger charge is 2.17. The molecule has 0 aliphatic heterocycles. The zero-order valence-corrected chi connectivity index (χ0v) is 11.5. The van der Waals surface area contributed by atoms with Crippen LogP contribution in [0.3, 0.4) is 0 Å². The summed E-state index contributed by atoms with van der Waals surface area (Å²) in [6, 6.07) is 7.03. The molecule has 1 atom stereocenters. The van der Waals surface area contributed by atoms with E-state index < -0.39 is 29.3 Å². The van der Waals surface area contributed by atoms with Crippen molar-refractivity contribution in [1.82, 2.24) is 5.32 Å². The van der Waals surface area contributed by atoms with E-state index >= 15 is 0 Å². The van der Waals surface area contributed by atoms with Gasteiger partial charge in [-0.25, -0.2) is 17.6 Å². The number of hydrogen-bond acceptors (Lipinski definition) is 1. The van der Waals surface area contributed by atoms with Gasteiger partial charge in [0.2, 0.25) is 0 Å². The van der Waals surface area contributed by atoms with Gasteiger partial charge in [-0.1, -0.05) is 25.1 Å². The van der Waals surface area contributed by atoms with Gasteiger partial charge in [0.05, 0.1) is 0 Å². The van der Waals surface area contributed by atoms with E-state index in [9.17, 15) is 17.6 Å². The lowest BCUT2D eigenvalue weighted by Crippen LogP contribution is -2.23. The van der Waals surface area contributed by atoms with E-state index in [0.29, 0.717) is 12.1 Å². The molecule has 21 heavy (non-hydrogen) atoms. The second kappa shape index (κ2) is 6.72. The van der Waals surface area contributed by atoms with Gasteiger partial charge >= 0.3 is 0 Å². The van der Waals surface area contributed by atoms with Crippen molar-refractivity contribution in [3.8, 4) is 0 Å². The fourth-order valence-corrected chi connectivity index (χ4v) is 2.21. The molecule has 0 amide bonds. The fraction of sp³-hybridized carbons (Fsp3) is 0.250. The van der Waals surface area contributed by atoms with Crippen molar-refractivity contribution in [1.29, 1.82) is 0 Å². The first kappa shape index (κ1) is 15.5. The molecule has 2 rings (SSSR count). The van der Waals surface area contributed by atoms with Crippen molar-refractivity contribution in [2.24, 2.45) is 0 Å². The monoisotopic (exact) mass is 297 g/mol. The lowest BCUT2D eigenvalue weighted by Gasteiger charge is -2.19. The SMILES string of the molecule is CCNC(Cc1cccc(F)c1F)c1ccc(F)c(F)c1. The molecular weight excluding hydrogens is 282 g/mol. The van der Waals surface area contributed by atoms with E-state index in [2.05, 4.69) is 5.32 Å². The summed E-state index contributed by atoms with van der Waals surface area (Å²) in [7, 11) is 0. The molecule has 1 unspecified atom stereocenters. The highest BCUT2D eigenvalue weighted by molar-refractivity contribution is 5.26. The molecule has 0 bridgehead atoms. The van der Waals surface area contributed by atoms with Crippen molar-refractivity contribution in [2.75, 3.05) is 6.54 Å². The first-order valence-electron chi connectivity index (χ1n) is 6.64. The quantitative estimate of drug-likeness (QED) is 0.818. The van der Waals surface area contributed by atoms with Crippen LogP contribution in [0, 0.1) is 23.3 Å². The first-order valence-corrected chi connectivity index (χ1v) is 6.64. The Morgan fingerprint density at radius 1 is 0.952 bits per heavy atom. The van der Waals surface area contributed by atoms with Gasteiger partial charge < -0.3 is 5.32 Å². The van der Waals surface area contributed by atoms with Gasteiger partial charge in [0, 0.05) is 6.04 Å². The zero-order valence-electron chi connectivity index (χ0n) is 11.5. The zero-order chi connectivity index (χ0) is 15.4. The normalized spacial score (nSPS) is 12.4. The van der Waals surface area contributed by atoms with Crippen LogP contribution in [0.15, 0.2) is 36.4 Å². The number of hydrogen-bond donors (Lipinski definition) is 1. The van der Waals surface area contributed by atoms with Gasteiger partial charge in [-0.3, -0.25) is 0 Å². The molecule has 0 saturated carbocycles. The molecule has 0 aliphatic rings. The Labute approximate surface area is 120 Å². The minimum absolute atomic E-state index is 0.141. The third-order valence-corrected chi connectivity index (χ3v) is 3.25. The second-order valence-corrected chi connectivity index (χ2v) is 4.70. The maximum Gasteiger partial charge on any atom is 0.162 e. The number of rotatable bonds is 5. The van der Waals surface area contributed by atoms with Gasteiger partial charge in [0.25, 0.3) is 0 Å². The lowest BCUT2D eigenvalue weighted by atomic mass is 9.98. The first-order chi connectivity index (χ1) is 10.0. The molecule has 0 saturated heterocycles.